The molecule has 3 aromatic rings. The molecule has 1 aliphatic rings. The minimum atomic E-state index is -4.07. The summed E-state index contributed by atoms with van der Waals surface area (Å²) in [6, 6.07) is 20.7. The van der Waals surface area contributed by atoms with E-state index in [2.05, 4.69) is 10.5 Å². The summed E-state index contributed by atoms with van der Waals surface area (Å²) in [6.45, 7) is 8.49. The fraction of sp³-hybridized carbons (Fsp3) is 0.447. The number of carbonyl (C=O) groups is 2. The molecule has 0 aromatic heterocycles. The Morgan fingerprint density at radius 1 is 0.961 bits per heavy atom. The number of benzene rings is 3. The molecule has 12 nitrogen and oxygen atoms in total. The third kappa shape index (κ3) is 10.4. The van der Waals surface area contributed by atoms with Gasteiger partial charge in [-0.1, -0.05) is 106 Å². The van der Waals surface area contributed by atoms with Crippen LogP contribution in [0.15, 0.2) is 88.9 Å². The van der Waals surface area contributed by atoms with E-state index in [4.69, 9.17) is 5.21 Å². The van der Waals surface area contributed by atoms with Gasteiger partial charge in [0, 0.05) is 32.7 Å². The second-order valence-electron chi connectivity index (χ2n) is 13.6. The lowest BCUT2D eigenvalue weighted by molar-refractivity contribution is -0.128. The predicted octanol–water partition coefficient (Wildman–Crippen LogP) is 4.07. The predicted molar refractivity (Wildman–Crippen MR) is 196 cm³/mol. The molecule has 4 atom stereocenters. The fourth-order valence-electron chi connectivity index (χ4n) is 6.36. The summed E-state index contributed by atoms with van der Waals surface area (Å²) in [5.41, 5.74) is 2.99. The number of aliphatic hydroxyl groups is 2. The van der Waals surface area contributed by atoms with Gasteiger partial charge in [0.15, 0.2) is 0 Å². The van der Waals surface area contributed by atoms with E-state index in [0.717, 1.165) is 16.7 Å². The van der Waals surface area contributed by atoms with Crippen LogP contribution < -0.4 is 5.32 Å². The summed E-state index contributed by atoms with van der Waals surface area (Å²) < 4.78 is 29.0. The molecule has 4 rings (SSSR count). The molecule has 13 heteroatoms. The first-order valence-corrected chi connectivity index (χ1v) is 18.9. The molecule has 0 unspecified atom stereocenters. The van der Waals surface area contributed by atoms with Gasteiger partial charge < -0.3 is 30.5 Å². The summed E-state index contributed by atoms with van der Waals surface area (Å²) in [4.78, 5) is 31.3. The second-order valence-corrected chi connectivity index (χ2v) is 15.5. The number of hydrogen-bond donors (Lipinski definition) is 4. The molecule has 1 heterocycles. The Kier molecular flexibility index (Phi) is 14.1. The molecule has 3 amide bonds. The van der Waals surface area contributed by atoms with Crippen LogP contribution in [0.2, 0.25) is 0 Å². The van der Waals surface area contributed by atoms with Gasteiger partial charge in [-0.15, -0.1) is 0 Å². The maximum Gasteiger partial charge on any atom is 0.321 e. The van der Waals surface area contributed by atoms with E-state index < -0.39 is 34.1 Å². The first kappa shape index (κ1) is 39.5. The van der Waals surface area contributed by atoms with Gasteiger partial charge in [0.25, 0.3) is 0 Å². The van der Waals surface area contributed by atoms with Gasteiger partial charge >= 0.3 is 6.03 Å². The molecule has 0 aliphatic carbocycles. The zero-order chi connectivity index (χ0) is 37.1. The number of nitrogens with zero attached hydrogens (tertiary/aromatic N) is 4. The van der Waals surface area contributed by atoms with Crippen LogP contribution in [0.4, 0.5) is 4.79 Å². The van der Waals surface area contributed by atoms with Crippen LogP contribution in [0.5, 0.6) is 0 Å². The largest absolute Gasteiger partial charge is 0.411 e. The average molecular weight is 722 g/mol. The first-order chi connectivity index (χ1) is 24.4. The third-order valence-electron chi connectivity index (χ3n) is 9.24. The minimum absolute atomic E-state index is 0.0195. The van der Waals surface area contributed by atoms with Gasteiger partial charge in [-0.25, -0.2) is 13.2 Å². The first-order valence-electron chi connectivity index (χ1n) is 17.4. The smallest absolute Gasteiger partial charge is 0.321 e. The molecule has 3 aromatic carbocycles. The number of urea groups is 1. The molecule has 0 bridgehead atoms. The Labute approximate surface area is 301 Å². The lowest BCUT2D eigenvalue weighted by atomic mass is 9.95. The van der Waals surface area contributed by atoms with E-state index >= 15 is 0 Å². The monoisotopic (exact) mass is 721 g/mol. The van der Waals surface area contributed by atoms with E-state index in [-0.39, 0.29) is 48.9 Å². The van der Waals surface area contributed by atoms with Crippen LogP contribution in [0.25, 0.3) is 0 Å². The lowest BCUT2D eigenvalue weighted by Gasteiger charge is -2.35. The standard InChI is InChI=1S/C38H51N5O7S/c1-5-28(4)36(43-19-18-41(38(43)47)24-31-12-9-13-32(20-31)26-44)37(46)40-34(21-29-10-7-6-8-11-29)35(45)25-42(23-27(2)3)51(49,50)33-16-14-30(15-17-33)22-39-48/h6-17,20,22,27-28,34-36,44-45,48H,5,18-19,21,23-26H2,1-4H3,(H,40,46)/t28-,34-,35+,36-/m0/s1. The van der Waals surface area contributed by atoms with Crippen molar-refractivity contribution in [3.63, 3.8) is 0 Å². The SMILES string of the molecule is CC[C@H](C)[C@@H](C(=O)N[C@@H](Cc1ccccc1)[C@H](O)CN(CC(C)C)S(=O)(=O)c1ccc(C=NO)cc1)N1CCN(Cc2cccc(CO)c2)C1=O. The maximum absolute atomic E-state index is 14.3. The molecule has 0 radical (unpaired) electrons. The van der Waals surface area contributed by atoms with Gasteiger partial charge in [0.1, 0.15) is 6.04 Å². The fourth-order valence-corrected chi connectivity index (χ4v) is 7.98. The number of nitrogens with one attached hydrogen (secondary N) is 1. The molecular formula is C38H51N5O7S. The highest BCUT2D eigenvalue weighted by atomic mass is 32.2. The number of rotatable bonds is 18. The van der Waals surface area contributed by atoms with E-state index in [0.29, 0.717) is 31.6 Å². The highest BCUT2D eigenvalue weighted by Crippen LogP contribution is 2.24. The van der Waals surface area contributed by atoms with E-state index in [1.807, 2.05) is 82.3 Å². The van der Waals surface area contributed by atoms with Gasteiger partial charge in [0.05, 0.1) is 29.9 Å². The number of hydrogen-bond acceptors (Lipinski definition) is 8. The average Bonchev–Trinajstić information content (AvgIpc) is 3.46. The minimum Gasteiger partial charge on any atom is -0.411 e. The van der Waals surface area contributed by atoms with Gasteiger partial charge in [-0.3, -0.25) is 4.79 Å². The van der Waals surface area contributed by atoms with Crippen molar-refractivity contribution in [3.8, 4) is 0 Å². The summed E-state index contributed by atoms with van der Waals surface area (Å²) >= 11 is 0. The highest BCUT2D eigenvalue weighted by molar-refractivity contribution is 7.89. The van der Waals surface area contributed by atoms with Gasteiger partial charge in [0.2, 0.25) is 15.9 Å². The second kappa shape index (κ2) is 18.3. The summed E-state index contributed by atoms with van der Waals surface area (Å²) in [7, 11) is -4.07. The van der Waals surface area contributed by atoms with Crippen LogP contribution in [0.1, 0.15) is 56.4 Å². The van der Waals surface area contributed by atoms with Crippen molar-refractivity contribution in [1.82, 2.24) is 19.4 Å². The zero-order valence-corrected chi connectivity index (χ0v) is 30.6. The normalized spacial score (nSPS) is 16.2. The summed E-state index contributed by atoms with van der Waals surface area (Å²) in [5.74, 6) is -0.695. The number of carbonyl (C=O) groups excluding carboxylic acids is 2. The van der Waals surface area contributed by atoms with Crippen molar-refractivity contribution in [2.24, 2.45) is 17.0 Å². The molecule has 51 heavy (non-hydrogen) atoms. The Hall–Kier alpha value is -4.30. The number of oxime groups is 1. The van der Waals surface area contributed by atoms with Crippen molar-refractivity contribution >= 4 is 28.2 Å². The molecule has 276 valence electrons. The number of aliphatic hydroxyl groups excluding tert-OH is 2. The Balaban J connectivity index is 1.59. The van der Waals surface area contributed by atoms with Crippen LogP contribution >= 0.6 is 0 Å². The lowest BCUT2D eigenvalue weighted by Crippen LogP contribution is -2.57. The highest BCUT2D eigenvalue weighted by Gasteiger charge is 2.41. The maximum atomic E-state index is 14.3. The number of sulfonamides is 1. The van der Waals surface area contributed by atoms with E-state index in [1.54, 1.807) is 9.80 Å². The topological polar surface area (TPSA) is 163 Å². The molecule has 4 N–H and O–H groups in total. The quantitative estimate of drug-likeness (QED) is 0.0874. The van der Waals surface area contributed by atoms with Crippen LogP contribution in [0.3, 0.4) is 0 Å². The van der Waals surface area contributed by atoms with Crippen molar-refractivity contribution < 1.29 is 33.4 Å². The molecule has 1 saturated heterocycles. The molecular weight excluding hydrogens is 671 g/mol. The van der Waals surface area contributed by atoms with Gasteiger partial charge in [-0.05, 0) is 52.6 Å². The van der Waals surface area contributed by atoms with Crippen molar-refractivity contribution in [3.05, 3.63) is 101 Å². The van der Waals surface area contributed by atoms with Crippen LogP contribution in [0, 0.1) is 11.8 Å². The van der Waals surface area contributed by atoms with E-state index in [9.17, 15) is 28.2 Å². The van der Waals surface area contributed by atoms with E-state index in [1.165, 1.54) is 34.8 Å². The Morgan fingerprint density at radius 2 is 1.63 bits per heavy atom. The van der Waals surface area contributed by atoms with Crippen molar-refractivity contribution in [1.29, 1.82) is 0 Å². The molecule has 0 spiro atoms. The zero-order valence-electron chi connectivity index (χ0n) is 29.8. The summed E-state index contributed by atoms with van der Waals surface area (Å²) in [5, 5.41) is 36.2. The Bertz CT molecular complexity index is 1720. The molecule has 1 aliphatic heterocycles. The Morgan fingerprint density at radius 3 is 2.25 bits per heavy atom. The molecule has 1 fully saturated rings. The summed E-state index contributed by atoms with van der Waals surface area (Å²) in [6.07, 6.45) is 0.744. The third-order valence-corrected chi connectivity index (χ3v) is 11.1. The molecule has 0 saturated carbocycles. The van der Waals surface area contributed by atoms with Crippen LogP contribution in [-0.2, 0) is 34.4 Å². The van der Waals surface area contributed by atoms with Crippen molar-refractivity contribution in [2.75, 3.05) is 26.2 Å². The number of amides is 3. The van der Waals surface area contributed by atoms with Crippen molar-refractivity contribution in [2.45, 2.75) is 76.8 Å². The van der Waals surface area contributed by atoms with Crippen LogP contribution in [-0.4, -0.2) is 100 Å². The van der Waals surface area contributed by atoms with Gasteiger partial charge in [-0.2, -0.15) is 4.31 Å².